The molecule has 29 heavy (non-hydrogen) atoms. The Balaban J connectivity index is 2.06. The molecule has 0 amide bonds. The molecule has 1 heterocycles. The van der Waals surface area contributed by atoms with Crippen molar-refractivity contribution in [1.29, 1.82) is 0 Å². The van der Waals surface area contributed by atoms with E-state index in [2.05, 4.69) is 11.8 Å². The average Bonchev–Trinajstić information content (AvgIpc) is 2.84. The van der Waals surface area contributed by atoms with Crippen LogP contribution in [0.2, 0.25) is 5.02 Å². The van der Waals surface area contributed by atoms with Crippen LogP contribution < -0.4 is 4.74 Å². The van der Waals surface area contributed by atoms with Gasteiger partial charge in [0.25, 0.3) is 0 Å². The first-order valence-corrected chi connectivity index (χ1v) is 10.5. The number of rotatable bonds is 7. The maximum atomic E-state index is 11.7. The van der Waals surface area contributed by atoms with Crippen molar-refractivity contribution < 1.29 is 14.6 Å². The highest BCUT2D eigenvalue weighted by atomic mass is 35.5. The van der Waals surface area contributed by atoms with Crippen LogP contribution in [0.3, 0.4) is 0 Å². The van der Waals surface area contributed by atoms with E-state index >= 15 is 0 Å². The van der Waals surface area contributed by atoms with Crippen molar-refractivity contribution in [3.05, 3.63) is 53.1 Å². The van der Waals surface area contributed by atoms with Gasteiger partial charge in [-0.2, -0.15) is 0 Å². The summed E-state index contributed by atoms with van der Waals surface area (Å²) in [6, 6.07) is 13.2. The van der Waals surface area contributed by atoms with Gasteiger partial charge < -0.3 is 14.7 Å². The van der Waals surface area contributed by atoms with Gasteiger partial charge in [-0.25, -0.2) is 4.99 Å². The number of benzene rings is 2. The largest absolute Gasteiger partial charge is 0.481 e. The molecular formula is C23H27ClN2O3. The average molecular weight is 415 g/mol. The highest BCUT2D eigenvalue weighted by Gasteiger charge is 2.28. The van der Waals surface area contributed by atoms with E-state index in [0.717, 1.165) is 30.1 Å². The Bertz CT molecular complexity index is 913. The fraction of sp³-hybridized carbons (Fsp3) is 0.391. The Labute approximate surface area is 177 Å². The maximum Gasteiger partial charge on any atom is 0.306 e. The minimum absolute atomic E-state index is 0.0260. The Kier molecular flexibility index (Phi) is 6.80. The monoisotopic (exact) mass is 414 g/mol. The van der Waals surface area contributed by atoms with Crippen LogP contribution in [0.5, 0.6) is 11.5 Å². The van der Waals surface area contributed by atoms with Gasteiger partial charge in [-0.3, -0.25) is 4.79 Å². The first kappa shape index (κ1) is 21.2. The zero-order chi connectivity index (χ0) is 21.0. The molecule has 0 fully saturated rings. The van der Waals surface area contributed by atoms with Crippen LogP contribution in [0.25, 0.3) is 0 Å². The minimum atomic E-state index is -0.750. The van der Waals surface area contributed by atoms with Crippen molar-refractivity contribution in [2.75, 3.05) is 13.1 Å². The summed E-state index contributed by atoms with van der Waals surface area (Å²) in [5, 5.41) is 10.2. The number of amidine groups is 1. The number of carbonyl (C=O) groups is 1. The van der Waals surface area contributed by atoms with Crippen LogP contribution >= 0.6 is 11.6 Å². The number of carboxylic acids is 1. The van der Waals surface area contributed by atoms with Crippen molar-refractivity contribution in [1.82, 2.24) is 4.90 Å². The summed E-state index contributed by atoms with van der Waals surface area (Å²) in [4.78, 5) is 18.8. The van der Waals surface area contributed by atoms with Crippen LogP contribution in [-0.4, -0.2) is 34.9 Å². The van der Waals surface area contributed by atoms with Crippen LogP contribution in [0.4, 0.5) is 5.69 Å². The second-order valence-corrected chi connectivity index (χ2v) is 7.86. The fourth-order valence-corrected chi connectivity index (χ4v) is 3.95. The lowest BCUT2D eigenvalue weighted by atomic mass is 9.91. The summed E-state index contributed by atoms with van der Waals surface area (Å²) >= 11 is 6.21. The molecule has 0 saturated carbocycles. The third-order valence-electron chi connectivity index (χ3n) is 5.24. The molecule has 0 radical (unpaired) electrons. The molecule has 1 aliphatic heterocycles. The van der Waals surface area contributed by atoms with Crippen LogP contribution in [0, 0.1) is 11.8 Å². The second-order valence-electron chi connectivity index (χ2n) is 7.42. The lowest BCUT2D eigenvalue weighted by Gasteiger charge is -2.31. The van der Waals surface area contributed by atoms with Gasteiger partial charge in [0.1, 0.15) is 17.3 Å². The van der Waals surface area contributed by atoms with Crippen LogP contribution in [-0.2, 0) is 4.79 Å². The van der Waals surface area contributed by atoms with E-state index in [-0.39, 0.29) is 5.92 Å². The van der Waals surface area contributed by atoms with E-state index in [1.54, 1.807) is 12.1 Å². The third kappa shape index (κ3) is 4.73. The maximum absolute atomic E-state index is 11.7. The SMILES string of the molecule is CCCN(C[C@H](C)[C@@H](CC)C(=O)O)C1=Nc2cc(Cl)ccc2Oc2ccccc21. The first-order valence-electron chi connectivity index (χ1n) is 10.1. The molecule has 2 aromatic carbocycles. The number of nitrogens with zero attached hydrogens (tertiary/aromatic N) is 2. The molecule has 6 heteroatoms. The molecule has 2 atom stereocenters. The van der Waals surface area contributed by atoms with Gasteiger partial charge in [0.15, 0.2) is 5.75 Å². The summed E-state index contributed by atoms with van der Waals surface area (Å²) in [5.74, 6) is 0.996. The molecule has 0 saturated heterocycles. The molecule has 0 aliphatic carbocycles. The number of halogens is 1. The summed E-state index contributed by atoms with van der Waals surface area (Å²) in [5.41, 5.74) is 1.56. The van der Waals surface area contributed by atoms with E-state index in [1.807, 2.05) is 44.2 Å². The predicted molar refractivity (Wildman–Crippen MR) is 117 cm³/mol. The molecule has 0 unspecified atom stereocenters. The predicted octanol–water partition coefficient (Wildman–Crippen LogP) is 5.98. The van der Waals surface area contributed by atoms with Gasteiger partial charge in [0.05, 0.1) is 11.5 Å². The molecule has 1 N–H and O–H groups in total. The fourth-order valence-electron chi connectivity index (χ4n) is 3.79. The highest BCUT2D eigenvalue weighted by Crippen LogP contribution is 2.39. The van der Waals surface area contributed by atoms with Crippen LogP contribution in [0.1, 0.15) is 39.2 Å². The molecule has 154 valence electrons. The number of ether oxygens (including phenoxy) is 1. The van der Waals surface area contributed by atoms with E-state index in [9.17, 15) is 9.90 Å². The number of hydrogen-bond acceptors (Lipinski definition) is 4. The molecule has 2 aromatic rings. The van der Waals surface area contributed by atoms with Crippen molar-refractivity contribution in [3.8, 4) is 11.5 Å². The Morgan fingerprint density at radius 3 is 2.66 bits per heavy atom. The van der Waals surface area contributed by atoms with E-state index in [0.29, 0.717) is 29.4 Å². The number of para-hydroxylation sites is 1. The smallest absolute Gasteiger partial charge is 0.306 e. The van der Waals surface area contributed by atoms with Gasteiger partial charge in [-0.05, 0) is 49.1 Å². The molecule has 1 aliphatic rings. The number of aliphatic carboxylic acids is 1. The molecule has 0 aromatic heterocycles. The number of fused-ring (bicyclic) bond motifs is 2. The summed E-state index contributed by atoms with van der Waals surface area (Å²) in [7, 11) is 0. The van der Waals surface area contributed by atoms with Crippen LogP contribution in [0.15, 0.2) is 47.5 Å². The molecular weight excluding hydrogens is 388 g/mol. The van der Waals surface area contributed by atoms with Gasteiger partial charge >= 0.3 is 5.97 Å². The normalized spacial score (nSPS) is 14.6. The van der Waals surface area contributed by atoms with Crippen molar-refractivity contribution >= 4 is 29.1 Å². The van der Waals surface area contributed by atoms with Gasteiger partial charge in [0, 0.05) is 18.1 Å². The second kappa shape index (κ2) is 9.31. The summed E-state index contributed by atoms with van der Waals surface area (Å²) < 4.78 is 6.13. The zero-order valence-electron chi connectivity index (χ0n) is 17.1. The van der Waals surface area contributed by atoms with Gasteiger partial charge in [-0.15, -0.1) is 0 Å². The Morgan fingerprint density at radius 1 is 1.21 bits per heavy atom. The lowest BCUT2D eigenvalue weighted by Crippen LogP contribution is -2.39. The summed E-state index contributed by atoms with van der Waals surface area (Å²) in [6.07, 6.45) is 1.52. The zero-order valence-corrected chi connectivity index (χ0v) is 17.8. The number of hydrogen-bond donors (Lipinski definition) is 1. The van der Waals surface area contributed by atoms with E-state index in [1.165, 1.54) is 0 Å². The Morgan fingerprint density at radius 2 is 1.97 bits per heavy atom. The first-order chi connectivity index (χ1) is 13.9. The van der Waals surface area contributed by atoms with Crippen molar-refractivity contribution in [3.63, 3.8) is 0 Å². The summed E-state index contributed by atoms with van der Waals surface area (Å²) in [6.45, 7) is 7.39. The lowest BCUT2D eigenvalue weighted by molar-refractivity contribution is -0.143. The quantitative estimate of drug-likeness (QED) is 0.605. The third-order valence-corrected chi connectivity index (χ3v) is 5.48. The molecule has 0 bridgehead atoms. The topological polar surface area (TPSA) is 62.1 Å². The standard InChI is InChI=1S/C23H27ClN2O3/c1-4-12-26(14-15(3)17(5-2)23(27)28)22-18-8-6-7-9-20(18)29-21-11-10-16(24)13-19(21)25-22/h6-11,13,15,17H,4-5,12,14H2,1-3H3,(H,27,28)/t15-,17+/m0/s1. The minimum Gasteiger partial charge on any atom is -0.481 e. The molecule has 0 spiro atoms. The molecule has 5 nitrogen and oxygen atoms in total. The van der Waals surface area contributed by atoms with Gasteiger partial charge in [-0.1, -0.05) is 44.5 Å². The van der Waals surface area contributed by atoms with Gasteiger partial charge in [0.2, 0.25) is 0 Å². The van der Waals surface area contributed by atoms with Crippen molar-refractivity contribution in [2.45, 2.75) is 33.6 Å². The van der Waals surface area contributed by atoms with E-state index in [4.69, 9.17) is 21.3 Å². The van der Waals surface area contributed by atoms with Crippen molar-refractivity contribution in [2.24, 2.45) is 16.8 Å². The van der Waals surface area contributed by atoms with E-state index < -0.39 is 11.9 Å². The Hall–Kier alpha value is -2.53. The number of carboxylic acid groups (broad SMARTS) is 1. The highest BCUT2D eigenvalue weighted by molar-refractivity contribution is 6.31. The number of aliphatic imine (C=N–C) groups is 1. The molecule has 3 rings (SSSR count).